The van der Waals surface area contributed by atoms with Gasteiger partial charge in [-0.15, -0.1) is 0 Å². The van der Waals surface area contributed by atoms with Crippen LogP contribution in [0.2, 0.25) is 0 Å². The fourth-order valence-electron chi connectivity index (χ4n) is 1.71. The van der Waals surface area contributed by atoms with Gasteiger partial charge in [-0.1, -0.05) is 13.8 Å². The third-order valence-electron chi connectivity index (χ3n) is 2.29. The van der Waals surface area contributed by atoms with Crippen LogP contribution in [0.25, 0.3) is 0 Å². The SMILES string of the molecule is CC.C[C@@H]1COC(C)(C)N1C(=O)OC(C)(C)C. The van der Waals surface area contributed by atoms with Gasteiger partial charge in [0.25, 0.3) is 0 Å². The molecule has 0 aromatic carbocycles. The standard InChI is InChI=1S/C11H21NO3.C2H6/c1-8-7-14-11(5,6)12(8)9(13)15-10(2,3)4;1-2/h8H,7H2,1-6H3;1-2H3/t8-;/m1./s1. The van der Waals surface area contributed by atoms with E-state index in [2.05, 4.69) is 0 Å². The highest BCUT2D eigenvalue weighted by Crippen LogP contribution is 2.28. The summed E-state index contributed by atoms with van der Waals surface area (Å²) in [4.78, 5) is 13.6. The molecular formula is C13H27NO3. The Morgan fingerprint density at radius 1 is 1.35 bits per heavy atom. The first-order valence-corrected chi connectivity index (χ1v) is 6.30. The van der Waals surface area contributed by atoms with E-state index >= 15 is 0 Å². The third-order valence-corrected chi connectivity index (χ3v) is 2.29. The number of amides is 1. The molecule has 1 saturated heterocycles. The maximum absolute atomic E-state index is 11.9. The van der Waals surface area contributed by atoms with Crippen LogP contribution in [0.5, 0.6) is 0 Å². The molecule has 17 heavy (non-hydrogen) atoms. The molecule has 0 N–H and O–H groups in total. The second-order valence-corrected chi connectivity index (χ2v) is 5.46. The quantitative estimate of drug-likeness (QED) is 0.656. The van der Waals surface area contributed by atoms with Gasteiger partial charge in [-0.25, -0.2) is 4.79 Å². The highest BCUT2D eigenvalue weighted by atomic mass is 16.6. The lowest BCUT2D eigenvalue weighted by molar-refractivity contribution is -0.0618. The zero-order valence-corrected chi connectivity index (χ0v) is 12.5. The van der Waals surface area contributed by atoms with Gasteiger partial charge < -0.3 is 9.47 Å². The lowest BCUT2D eigenvalue weighted by Gasteiger charge is -2.34. The predicted octanol–water partition coefficient (Wildman–Crippen LogP) is 3.40. The largest absolute Gasteiger partial charge is 0.444 e. The molecule has 102 valence electrons. The zero-order chi connectivity index (χ0) is 13.9. The molecule has 1 fully saturated rings. The molecule has 0 radical (unpaired) electrons. The Morgan fingerprint density at radius 3 is 2.12 bits per heavy atom. The smallest absolute Gasteiger partial charge is 0.412 e. The van der Waals surface area contributed by atoms with Gasteiger partial charge in [0, 0.05) is 0 Å². The number of rotatable bonds is 0. The summed E-state index contributed by atoms with van der Waals surface area (Å²) < 4.78 is 10.9. The number of hydrogen-bond donors (Lipinski definition) is 0. The fraction of sp³-hybridized carbons (Fsp3) is 0.923. The Morgan fingerprint density at radius 2 is 1.82 bits per heavy atom. The Labute approximate surface area is 105 Å². The molecule has 0 saturated carbocycles. The molecule has 0 spiro atoms. The van der Waals surface area contributed by atoms with Crippen LogP contribution in [0, 0.1) is 0 Å². The van der Waals surface area contributed by atoms with E-state index in [-0.39, 0.29) is 12.1 Å². The minimum absolute atomic E-state index is 0.0647. The van der Waals surface area contributed by atoms with Gasteiger partial charge >= 0.3 is 6.09 Å². The summed E-state index contributed by atoms with van der Waals surface area (Å²) in [5.74, 6) is 0. The van der Waals surface area contributed by atoms with Gasteiger partial charge in [0.05, 0.1) is 12.6 Å². The summed E-state index contributed by atoms with van der Waals surface area (Å²) in [5.41, 5.74) is -1.03. The first kappa shape index (κ1) is 16.2. The lowest BCUT2D eigenvalue weighted by Crippen LogP contribution is -2.48. The molecule has 1 rings (SSSR count). The van der Waals surface area contributed by atoms with Crippen LogP contribution in [0.3, 0.4) is 0 Å². The molecule has 1 amide bonds. The zero-order valence-electron chi connectivity index (χ0n) is 12.5. The minimum atomic E-state index is -0.568. The summed E-state index contributed by atoms with van der Waals surface area (Å²) in [5, 5.41) is 0. The van der Waals surface area contributed by atoms with Gasteiger partial charge in [0.2, 0.25) is 0 Å². The monoisotopic (exact) mass is 245 g/mol. The van der Waals surface area contributed by atoms with Crippen LogP contribution in [0.15, 0.2) is 0 Å². The normalized spacial score (nSPS) is 22.8. The summed E-state index contributed by atoms with van der Waals surface area (Å²) in [6.07, 6.45) is -0.308. The highest BCUT2D eigenvalue weighted by molar-refractivity contribution is 5.69. The van der Waals surface area contributed by atoms with Crippen molar-refractivity contribution >= 4 is 6.09 Å². The van der Waals surface area contributed by atoms with Gasteiger partial charge in [0.15, 0.2) is 0 Å². The number of carbonyl (C=O) groups is 1. The van der Waals surface area contributed by atoms with Crippen molar-refractivity contribution < 1.29 is 14.3 Å². The van der Waals surface area contributed by atoms with Crippen LogP contribution >= 0.6 is 0 Å². The maximum Gasteiger partial charge on any atom is 0.412 e. The van der Waals surface area contributed by atoms with Crippen molar-refractivity contribution in [2.75, 3.05) is 6.61 Å². The van der Waals surface area contributed by atoms with Crippen molar-refractivity contribution in [3.63, 3.8) is 0 Å². The number of nitrogens with zero attached hydrogens (tertiary/aromatic N) is 1. The lowest BCUT2D eigenvalue weighted by atomic mass is 10.2. The molecule has 1 heterocycles. The molecule has 0 aliphatic carbocycles. The molecule has 1 aliphatic rings. The van der Waals surface area contributed by atoms with E-state index in [0.717, 1.165) is 0 Å². The molecule has 0 aromatic rings. The molecule has 1 atom stereocenters. The van der Waals surface area contributed by atoms with E-state index in [4.69, 9.17) is 9.47 Å². The Hall–Kier alpha value is -0.770. The van der Waals surface area contributed by atoms with Crippen molar-refractivity contribution in [3.05, 3.63) is 0 Å². The Balaban J connectivity index is 0.00000121. The first-order chi connectivity index (χ1) is 7.63. The molecule has 1 aliphatic heterocycles. The molecule has 4 nitrogen and oxygen atoms in total. The molecule has 0 aromatic heterocycles. The van der Waals surface area contributed by atoms with Crippen LogP contribution in [0.4, 0.5) is 4.79 Å². The predicted molar refractivity (Wildman–Crippen MR) is 68.9 cm³/mol. The number of carbonyl (C=O) groups excluding carboxylic acids is 1. The average Bonchev–Trinajstić information content (AvgIpc) is 2.41. The van der Waals surface area contributed by atoms with Crippen LogP contribution in [-0.4, -0.2) is 35.0 Å². The molecule has 0 unspecified atom stereocenters. The fourth-order valence-corrected chi connectivity index (χ4v) is 1.71. The number of ether oxygens (including phenoxy) is 2. The van der Waals surface area contributed by atoms with Crippen molar-refractivity contribution in [3.8, 4) is 0 Å². The van der Waals surface area contributed by atoms with E-state index < -0.39 is 11.3 Å². The van der Waals surface area contributed by atoms with E-state index in [0.29, 0.717) is 6.61 Å². The Kier molecular flexibility index (Phi) is 5.46. The van der Waals surface area contributed by atoms with E-state index in [9.17, 15) is 4.79 Å². The van der Waals surface area contributed by atoms with Crippen molar-refractivity contribution in [1.29, 1.82) is 0 Å². The second-order valence-electron chi connectivity index (χ2n) is 5.46. The summed E-state index contributed by atoms with van der Waals surface area (Å²) in [6, 6.07) is 0.0647. The highest BCUT2D eigenvalue weighted by Gasteiger charge is 2.43. The van der Waals surface area contributed by atoms with Gasteiger partial charge in [-0.05, 0) is 41.5 Å². The van der Waals surface area contributed by atoms with Crippen molar-refractivity contribution in [2.24, 2.45) is 0 Å². The van der Waals surface area contributed by atoms with Crippen LogP contribution in [-0.2, 0) is 9.47 Å². The summed E-state index contributed by atoms with van der Waals surface area (Å²) in [7, 11) is 0. The minimum Gasteiger partial charge on any atom is -0.444 e. The molecule has 4 heteroatoms. The second kappa shape index (κ2) is 5.71. The molecule has 0 bridgehead atoms. The maximum atomic E-state index is 11.9. The van der Waals surface area contributed by atoms with Crippen molar-refractivity contribution in [1.82, 2.24) is 4.90 Å². The summed E-state index contributed by atoms with van der Waals surface area (Å²) in [6.45, 7) is 15.9. The Bertz CT molecular complexity index is 256. The van der Waals surface area contributed by atoms with Crippen LogP contribution < -0.4 is 0 Å². The third kappa shape index (κ3) is 4.54. The van der Waals surface area contributed by atoms with E-state index in [1.165, 1.54) is 0 Å². The van der Waals surface area contributed by atoms with Crippen LogP contribution in [0.1, 0.15) is 55.4 Å². The molecular weight excluding hydrogens is 218 g/mol. The number of hydrogen-bond acceptors (Lipinski definition) is 3. The van der Waals surface area contributed by atoms with E-state index in [1.807, 2.05) is 55.4 Å². The van der Waals surface area contributed by atoms with Crippen molar-refractivity contribution in [2.45, 2.75) is 72.8 Å². The van der Waals surface area contributed by atoms with E-state index in [1.54, 1.807) is 4.90 Å². The average molecular weight is 245 g/mol. The van der Waals surface area contributed by atoms with Gasteiger partial charge in [0.1, 0.15) is 11.3 Å². The van der Waals surface area contributed by atoms with Gasteiger partial charge in [-0.2, -0.15) is 0 Å². The summed E-state index contributed by atoms with van der Waals surface area (Å²) >= 11 is 0. The van der Waals surface area contributed by atoms with Gasteiger partial charge in [-0.3, -0.25) is 4.90 Å². The first-order valence-electron chi connectivity index (χ1n) is 6.30. The topological polar surface area (TPSA) is 38.8 Å².